The van der Waals surface area contributed by atoms with Gasteiger partial charge in [0.15, 0.2) is 0 Å². The van der Waals surface area contributed by atoms with Gasteiger partial charge < -0.3 is 9.84 Å². The van der Waals surface area contributed by atoms with Gasteiger partial charge in [-0.2, -0.15) is 0 Å². The lowest BCUT2D eigenvalue weighted by molar-refractivity contribution is -0.131. The molecule has 0 saturated carbocycles. The standard InChI is InChI=1S/C14H18O3/c1-3-11(2)17-10-13-6-4-5-12(9-13)7-8-14(15)16/h4-9,11H,3,10H2,1-2H3,(H,15,16)/b8-7+. The Hall–Kier alpha value is -1.61. The number of benzene rings is 1. The summed E-state index contributed by atoms with van der Waals surface area (Å²) >= 11 is 0. The maximum absolute atomic E-state index is 10.4. The summed E-state index contributed by atoms with van der Waals surface area (Å²) in [7, 11) is 0. The van der Waals surface area contributed by atoms with Crippen LogP contribution in [0.2, 0.25) is 0 Å². The first-order chi connectivity index (χ1) is 8.11. The van der Waals surface area contributed by atoms with E-state index >= 15 is 0 Å². The molecule has 0 fully saturated rings. The Morgan fingerprint density at radius 3 is 2.94 bits per heavy atom. The molecule has 1 rings (SSSR count). The van der Waals surface area contributed by atoms with E-state index in [2.05, 4.69) is 6.92 Å². The molecule has 1 N–H and O–H groups in total. The number of hydrogen-bond acceptors (Lipinski definition) is 2. The highest BCUT2D eigenvalue weighted by Crippen LogP contribution is 2.10. The Balaban J connectivity index is 2.62. The van der Waals surface area contributed by atoms with E-state index in [9.17, 15) is 4.79 Å². The Morgan fingerprint density at radius 2 is 2.29 bits per heavy atom. The second kappa shape index (κ2) is 6.86. The molecular formula is C14H18O3. The van der Waals surface area contributed by atoms with Crippen LogP contribution in [0, 0.1) is 0 Å². The van der Waals surface area contributed by atoms with Crippen molar-refractivity contribution in [1.82, 2.24) is 0 Å². The smallest absolute Gasteiger partial charge is 0.328 e. The van der Waals surface area contributed by atoms with E-state index in [4.69, 9.17) is 9.84 Å². The fraction of sp³-hybridized carbons (Fsp3) is 0.357. The van der Waals surface area contributed by atoms with Crippen molar-refractivity contribution in [2.45, 2.75) is 33.0 Å². The SMILES string of the molecule is CCC(C)OCc1cccc(/C=C/C(=O)O)c1. The van der Waals surface area contributed by atoms with Crippen molar-refractivity contribution in [1.29, 1.82) is 0 Å². The zero-order chi connectivity index (χ0) is 12.7. The molecular weight excluding hydrogens is 216 g/mol. The number of rotatable bonds is 6. The van der Waals surface area contributed by atoms with Gasteiger partial charge in [-0.05, 0) is 36.6 Å². The van der Waals surface area contributed by atoms with E-state index in [1.54, 1.807) is 6.08 Å². The summed E-state index contributed by atoms with van der Waals surface area (Å²) in [5.41, 5.74) is 1.93. The maximum Gasteiger partial charge on any atom is 0.328 e. The highest BCUT2D eigenvalue weighted by Gasteiger charge is 2.00. The van der Waals surface area contributed by atoms with Crippen LogP contribution >= 0.6 is 0 Å². The number of ether oxygens (including phenoxy) is 1. The number of carboxylic acid groups (broad SMARTS) is 1. The van der Waals surface area contributed by atoms with E-state index in [0.29, 0.717) is 6.61 Å². The monoisotopic (exact) mass is 234 g/mol. The van der Waals surface area contributed by atoms with E-state index in [-0.39, 0.29) is 6.10 Å². The van der Waals surface area contributed by atoms with Crippen LogP contribution < -0.4 is 0 Å². The molecule has 0 bridgehead atoms. The van der Waals surface area contributed by atoms with Crippen molar-refractivity contribution in [3.8, 4) is 0 Å². The Kier molecular flexibility index (Phi) is 5.43. The molecule has 0 amide bonds. The second-order valence-corrected chi connectivity index (χ2v) is 3.95. The van der Waals surface area contributed by atoms with Gasteiger partial charge in [0.2, 0.25) is 0 Å². The highest BCUT2D eigenvalue weighted by atomic mass is 16.5. The lowest BCUT2D eigenvalue weighted by atomic mass is 10.1. The molecule has 0 saturated heterocycles. The van der Waals surface area contributed by atoms with Crippen LogP contribution in [-0.4, -0.2) is 17.2 Å². The van der Waals surface area contributed by atoms with Crippen molar-refractivity contribution >= 4 is 12.0 Å². The second-order valence-electron chi connectivity index (χ2n) is 3.95. The first-order valence-electron chi connectivity index (χ1n) is 5.73. The van der Waals surface area contributed by atoms with Crippen LogP contribution in [-0.2, 0) is 16.1 Å². The summed E-state index contributed by atoms with van der Waals surface area (Å²) in [6.45, 7) is 4.68. The molecule has 0 aliphatic carbocycles. The van der Waals surface area contributed by atoms with Crippen LogP contribution in [0.15, 0.2) is 30.3 Å². The number of aliphatic carboxylic acids is 1. The molecule has 0 radical (unpaired) electrons. The molecule has 0 aliphatic rings. The van der Waals surface area contributed by atoms with Crippen LogP contribution in [0.3, 0.4) is 0 Å². The average molecular weight is 234 g/mol. The first kappa shape index (κ1) is 13.5. The Labute approximate surface area is 102 Å². The first-order valence-corrected chi connectivity index (χ1v) is 5.73. The zero-order valence-electron chi connectivity index (χ0n) is 10.2. The third-order valence-electron chi connectivity index (χ3n) is 2.48. The topological polar surface area (TPSA) is 46.5 Å². The quantitative estimate of drug-likeness (QED) is 0.769. The number of carboxylic acids is 1. The van der Waals surface area contributed by atoms with Crippen molar-refractivity contribution in [3.63, 3.8) is 0 Å². The molecule has 1 aromatic rings. The van der Waals surface area contributed by atoms with Gasteiger partial charge >= 0.3 is 5.97 Å². The largest absolute Gasteiger partial charge is 0.478 e. The minimum atomic E-state index is -0.939. The van der Waals surface area contributed by atoms with Gasteiger partial charge in [-0.15, -0.1) is 0 Å². The summed E-state index contributed by atoms with van der Waals surface area (Å²) in [5.74, 6) is -0.939. The van der Waals surface area contributed by atoms with Gasteiger partial charge in [0.05, 0.1) is 12.7 Å². The van der Waals surface area contributed by atoms with Crippen LogP contribution in [0.1, 0.15) is 31.4 Å². The van der Waals surface area contributed by atoms with Crippen molar-refractivity contribution in [2.75, 3.05) is 0 Å². The van der Waals surface area contributed by atoms with Crippen molar-refractivity contribution in [3.05, 3.63) is 41.5 Å². The minimum Gasteiger partial charge on any atom is -0.478 e. The van der Waals surface area contributed by atoms with Crippen molar-refractivity contribution < 1.29 is 14.6 Å². The number of hydrogen-bond donors (Lipinski definition) is 1. The molecule has 0 aliphatic heterocycles. The van der Waals surface area contributed by atoms with E-state index in [1.165, 1.54) is 0 Å². The van der Waals surface area contributed by atoms with Crippen molar-refractivity contribution in [2.24, 2.45) is 0 Å². The maximum atomic E-state index is 10.4. The summed E-state index contributed by atoms with van der Waals surface area (Å²) in [5, 5.41) is 8.54. The minimum absolute atomic E-state index is 0.244. The fourth-order valence-electron chi connectivity index (χ4n) is 1.31. The number of carbonyl (C=O) groups is 1. The van der Waals surface area contributed by atoms with Gasteiger partial charge in [-0.3, -0.25) is 0 Å². The summed E-state index contributed by atoms with van der Waals surface area (Å²) < 4.78 is 5.62. The third kappa shape index (κ3) is 5.31. The molecule has 3 heteroatoms. The van der Waals surface area contributed by atoms with Gasteiger partial charge in [-0.1, -0.05) is 25.1 Å². The molecule has 1 unspecified atom stereocenters. The lowest BCUT2D eigenvalue weighted by Gasteiger charge is -2.10. The summed E-state index contributed by atoms with van der Waals surface area (Å²) in [6, 6.07) is 7.67. The molecule has 0 aromatic heterocycles. The van der Waals surface area contributed by atoms with Crippen LogP contribution in [0.5, 0.6) is 0 Å². The molecule has 17 heavy (non-hydrogen) atoms. The molecule has 92 valence electrons. The summed E-state index contributed by atoms with van der Waals surface area (Å²) in [6.07, 6.45) is 3.94. The van der Waals surface area contributed by atoms with Gasteiger partial charge in [0.25, 0.3) is 0 Å². The highest BCUT2D eigenvalue weighted by molar-refractivity contribution is 5.85. The fourth-order valence-corrected chi connectivity index (χ4v) is 1.31. The Morgan fingerprint density at radius 1 is 1.53 bits per heavy atom. The van der Waals surface area contributed by atoms with Gasteiger partial charge in [0.1, 0.15) is 0 Å². The van der Waals surface area contributed by atoms with E-state index in [0.717, 1.165) is 23.6 Å². The Bertz CT molecular complexity index is 396. The zero-order valence-corrected chi connectivity index (χ0v) is 10.2. The molecule has 3 nitrogen and oxygen atoms in total. The molecule has 0 heterocycles. The average Bonchev–Trinajstić information content (AvgIpc) is 2.34. The molecule has 1 atom stereocenters. The van der Waals surface area contributed by atoms with Gasteiger partial charge in [0, 0.05) is 6.08 Å². The predicted octanol–water partition coefficient (Wildman–Crippen LogP) is 3.10. The lowest BCUT2D eigenvalue weighted by Crippen LogP contribution is -2.05. The normalized spacial score (nSPS) is 12.8. The van der Waals surface area contributed by atoms with E-state index < -0.39 is 5.97 Å². The van der Waals surface area contributed by atoms with Gasteiger partial charge in [-0.25, -0.2) is 4.79 Å². The van der Waals surface area contributed by atoms with Crippen LogP contribution in [0.25, 0.3) is 6.08 Å². The molecule has 1 aromatic carbocycles. The molecule has 0 spiro atoms. The van der Waals surface area contributed by atoms with Crippen LogP contribution in [0.4, 0.5) is 0 Å². The summed E-state index contributed by atoms with van der Waals surface area (Å²) in [4.78, 5) is 10.4. The third-order valence-corrected chi connectivity index (χ3v) is 2.48. The predicted molar refractivity (Wildman–Crippen MR) is 67.7 cm³/mol. The van der Waals surface area contributed by atoms with E-state index in [1.807, 2.05) is 31.2 Å².